The van der Waals surface area contributed by atoms with Crippen LogP contribution in [-0.2, 0) is 0 Å². The average Bonchev–Trinajstić information content (AvgIpc) is 1.99. The topological polar surface area (TPSA) is 0 Å². The Morgan fingerprint density at radius 1 is 0.562 bits per heavy atom. The molecular weight excluding hydrogens is 268 g/mol. The lowest BCUT2D eigenvalue weighted by atomic mass is 10.5. The maximum Gasteiger partial charge on any atom is -0.0219 e. The lowest BCUT2D eigenvalue weighted by molar-refractivity contribution is 1.02. The highest BCUT2D eigenvalue weighted by atomic mass is 32.7. The molecule has 0 aromatic rings. The first-order chi connectivity index (χ1) is 7.20. The molecule has 98 valence electrons. The van der Waals surface area contributed by atoms with Crippen molar-refractivity contribution in [3.8, 4) is 0 Å². The standard InChI is InChI=1S/C12H30P4/c1-9(2)14(10(3)4)16(13)15(11(5)6)12(7)8/h9-12H,13H2,1-8H3. The monoisotopic (exact) mass is 298 g/mol. The molecule has 0 fully saturated rings. The number of hydrogen-bond acceptors (Lipinski definition) is 0. The van der Waals surface area contributed by atoms with E-state index in [-0.39, 0.29) is 22.2 Å². The van der Waals surface area contributed by atoms with Crippen molar-refractivity contribution in [3.63, 3.8) is 0 Å². The lowest BCUT2D eigenvalue weighted by Crippen LogP contribution is -2.05. The first-order valence-electron chi connectivity index (χ1n) is 6.31. The molecule has 16 heavy (non-hydrogen) atoms. The summed E-state index contributed by atoms with van der Waals surface area (Å²) < 4.78 is 0. The van der Waals surface area contributed by atoms with Crippen LogP contribution in [0.15, 0.2) is 0 Å². The van der Waals surface area contributed by atoms with Gasteiger partial charge in [0.05, 0.1) is 0 Å². The Kier molecular flexibility index (Phi) is 8.86. The lowest BCUT2D eigenvalue weighted by Gasteiger charge is -2.40. The van der Waals surface area contributed by atoms with E-state index in [1.54, 1.807) is 0 Å². The van der Waals surface area contributed by atoms with Crippen LogP contribution in [-0.4, -0.2) is 22.6 Å². The van der Waals surface area contributed by atoms with Crippen LogP contribution in [0.25, 0.3) is 0 Å². The molecule has 0 aliphatic heterocycles. The van der Waals surface area contributed by atoms with E-state index >= 15 is 0 Å². The van der Waals surface area contributed by atoms with Gasteiger partial charge < -0.3 is 0 Å². The Morgan fingerprint density at radius 2 is 0.750 bits per heavy atom. The second-order valence-corrected chi connectivity index (χ2v) is 22.2. The molecule has 0 aliphatic rings. The van der Waals surface area contributed by atoms with E-state index in [4.69, 9.17) is 0 Å². The molecule has 0 radical (unpaired) electrons. The largest absolute Gasteiger partial charge is 0.102 e. The fourth-order valence-electron chi connectivity index (χ4n) is 2.26. The van der Waals surface area contributed by atoms with Crippen molar-refractivity contribution in [2.45, 2.75) is 78.0 Å². The average molecular weight is 298 g/mol. The zero-order valence-electron chi connectivity index (χ0n) is 12.2. The molecular formula is C12H30P4. The van der Waals surface area contributed by atoms with Gasteiger partial charge in [-0.25, -0.2) is 0 Å². The van der Waals surface area contributed by atoms with Crippen molar-refractivity contribution in [1.29, 1.82) is 0 Å². The van der Waals surface area contributed by atoms with Crippen LogP contribution in [0.1, 0.15) is 55.4 Å². The minimum Gasteiger partial charge on any atom is -0.102 e. The van der Waals surface area contributed by atoms with Crippen molar-refractivity contribution in [2.75, 3.05) is 0 Å². The van der Waals surface area contributed by atoms with Gasteiger partial charge in [-0.05, 0) is 29.6 Å². The molecule has 0 N–H and O–H groups in total. The molecule has 0 spiro atoms. The van der Waals surface area contributed by atoms with Crippen LogP contribution in [0.4, 0.5) is 0 Å². The smallest absolute Gasteiger partial charge is 0.0219 e. The summed E-state index contributed by atoms with van der Waals surface area (Å²) in [4.78, 5) is 0. The maximum atomic E-state index is 3.28. The van der Waals surface area contributed by atoms with Crippen molar-refractivity contribution in [2.24, 2.45) is 0 Å². The van der Waals surface area contributed by atoms with Gasteiger partial charge in [-0.1, -0.05) is 70.6 Å². The summed E-state index contributed by atoms with van der Waals surface area (Å²) in [5.41, 5.74) is 3.56. The summed E-state index contributed by atoms with van der Waals surface area (Å²) in [5, 5.41) is 0. The second-order valence-electron chi connectivity index (χ2n) is 5.46. The minimum atomic E-state index is 0.181. The highest BCUT2D eigenvalue weighted by Gasteiger charge is 2.32. The van der Waals surface area contributed by atoms with E-state index in [0.717, 1.165) is 22.6 Å². The zero-order valence-corrected chi connectivity index (χ0v) is 16.1. The second kappa shape index (κ2) is 8.00. The molecule has 0 aromatic heterocycles. The predicted molar refractivity (Wildman–Crippen MR) is 91.0 cm³/mol. The first kappa shape index (κ1) is 17.7. The molecule has 0 aliphatic carbocycles. The third kappa shape index (κ3) is 5.15. The predicted octanol–water partition coefficient (Wildman–Crippen LogP) is 6.69. The van der Waals surface area contributed by atoms with Crippen molar-refractivity contribution >= 4 is 31.1 Å². The minimum absolute atomic E-state index is 0.181. The maximum absolute atomic E-state index is 3.28. The highest BCUT2D eigenvalue weighted by molar-refractivity contribution is 8.78. The molecule has 1 atom stereocenters. The Hall–Kier alpha value is 1.72. The van der Waals surface area contributed by atoms with Crippen molar-refractivity contribution < 1.29 is 0 Å². The van der Waals surface area contributed by atoms with Crippen molar-refractivity contribution in [3.05, 3.63) is 0 Å². The Balaban J connectivity index is 4.88. The summed E-state index contributed by atoms with van der Waals surface area (Å²) in [5.74, 6) is 0. The van der Waals surface area contributed by atoms with Crippen LogP contribution in [0.3, 0.4) is 0 Å². The Morgan fingerprint density at radius 3 is 0.875 bits per heavy atom. The van der Waals surface area contributed by atoms with Crippen LogP contribution in [0, 0.1) is 0 Å². The summed E-state index contributed by atoms with van der Waals surface area (Å²) >= 11 is 0. The first-order valence-corrected chi connectivity index (χ1v) is 13.6. The van der Waals surface area contributed by atoms with E-state index in [2.05, 4.69) is 64.3 Å². The molecule has 0 saturated carbocycles. The fourth-order valence-corrected chi connectivity index (χ4v) is 32.4. The fraction of sp³-hybridized carbons (Fsp3) is 1.00. The normalized spacial score (nSPS) is 13.5. The zero-order chi connectivity index (χ0) is 13.0. The highest BCUT2D eigenvalue weighted by Crippen LogP contribution is 2.94. The molecule has 0 heterocycles. The van der Waals surface area contributed by atoms with Crippen LogP contribution in [0.5, 0.6) is 0 Å². The van der Waals surface area contributed by atoms with Crippen LogP contribution < -0.4 is 0 Å². The third-order valence-electron chi connectivity index (χ3n) is 2.59. The summed E-state index contributed by atoms with van der Waals surface area (Å²) in [6.07, 6.45) is 0. The summed E-state index contributed by atoms with van der Waals surface area (Å²) in [6, 6.07) is 0. The number of hydrogen-bond donors (Lipinski definition) is 0. The van der Waals surface area contributed by atoms with Gasteiger partial charge in [0.25, 0.3) is 0 Å². The van der Waals surface area contributed by atoms with E-state index in [1.807, 2.05) is 0 Å². The summed E-state index contributed by atoms with van der Waals surface area (Å²) in [7, 11) is 3.71. The SMILES string of the molecule is CC(C)P(C(C)C)P(P)P(C(C)C)C(C)C. The van der Waals surface area contributed by atoms with Crippen LogP contribution in [0.2, 0.25) is 0 Å². The Bertz CT molecular complexity index is 153. The van der Waals surface area contributed by atoms with E-state index in [9.17, 15) is 0 Å². The van der Waals surface area contributed by atoms with Gasteiger partial charge >= 0.3 is 0 Å². The van der Waals surface area contributed by atoms with E-state index < -0.39 is 0 Å². The van der Waals surface area contributed by atoms with Gasteiger partial charge in [-0.15, -0.1) is 8.93 Å². The van der Waals surface area contributed by atoms with Gasteiger partial charge in [0, 0.05) is 0 Å². The summed E-state index contributed by atoms with van der Waals surface area (Å²) in [6.45, 7) is 19.6. The van der Waals surface area contributed by atoms with Gasteiger partial charge in [0.1, 0.15) is 0 Å². The third-order valence-corrected chi connectivity index (χ3v) is 24.7. The quantitative estimate of drug-likeness (QED) is 0.479. The molecule has 0 saturated heterocycles. The molecule has 4 heteroatoms. The molecule has 0 aromatic carbocycles. The number of rotatable bonds is 6. The van der Waals surface area contributed by atoms with E-state index in [0.29, 0.717) is 0 Å². The van der Waals surface area contributed by atoms with Gasteiger partial charge in [-0.2, -0.15) is 0 Å². The van der Waals surface area contributed by atoms with Crippen LogP contribution >= 0.6 is 31.1 Å². The van der Waals surface area contributed by atoms with Crippen molar-refractivity contribution in [1.82, 2.24) is 0 Å². The van der Waals surface area contributed by atoms with Gasteiger partial charge in [-0.3, -0.25) is 0 Å². The van der Waals surface area contributed by atoms with E-state index in [1.165, 1.54) is 0 Å². The molecule has 0 amide bonds. The molecule has 1 unspecified atom stereocenters. The van der Waals surface area contributed by atoms with Gasteiger partial charge in [0.2, 0.25) is 0 Å². The Labute approximate surface area is 109 Å². The molecule has 0 rings (SSSR count). The molecule has 0 nitrogen and oxygen atoms in total. The van der Waals surface area contributed by atoms with Gasteiger partial charge in [0.15, 0.2) is 0 Å². The molecule has 0 bridgehead atoms.